The summed E-state index contributed by atoms with van der Waals surface area (Å²) in [7, 11) is 0. The second-order valence-corrected chi connectivity index (χ2v) is 8.34. The van der Waals surface area contributed by atoms with Crippen molar-refractivity contribution in [1.29, 1.82) is 0 Å². The molecule has 2 N–H and O–H groups in total. The Bertz CT molecular complexity index is 981. The molecule has 2 aliphatic heterocycles. The number of quaternary nitrogens is 2. The van der Waals surface area contributed by atoms with Crippen molar-refractivity contribution >= 4 is 11.6 Å². The van der Waals surface area contributed by atoms with Gasteiger partial charge in [0.15, 0.2) is 6.54 Å². The van der Waals surface area contributed by atoms with Gasteiger partial charge in [0.1, 0.15) is 38.5 Å². The zero-order valence-electron chi connectivity index (χ0n) is 16.3. The summed E-state index contributed by atoms with van der Waals surface area (Å²) in [5.41, 5.74) is 3.67. The molecule has 2 aromatic carbocycles. The summed E-state index contributed by atoms with van der Waals surface area (Å²) >= 11 is 5.94. The van der Waals surface area contributed by atoms with E-state index in [2.05, 4.69) is 28.4 Å². The average Bonchev–Trinajstić information content (AvgIpc) is 3.39. The van der Waals surface area contributed by atoms with E-state index in [1.165, 1.54) is 16.0 Å². The summed E-state index contributed by atoms with van der Waals surface area (Å²) < 4.78 is 11.5. The van der Waals surface area contributed by atoms with Gasteiger partial charge in [-0.25, -0.2) is 0 Å². The van der Waals surface area contributed by atoms with Gasteiger partial charge in [-0.2, -0.15) is 0 Å². The zero-order chi connectivity index (χ0) is 19.6. The molecule has 0 amide bonds. The van der Waals surface area contributed by atoms with Crippen LogP contribution in [0.15, 0.2) is 46.9 Å². The topological polar surface area (TPSA) is 57.0 Å². The predicted molar refractivity (Wildman–Crippen MR) is 109 cm³/mol. The van der Waals surface area contributed by atoms with Crippen molar-refractivity contribution < 1.29 is 19.0 Å². The molecule has 0 spiro atoms. The second kappa shape index (κ2) is 8.14. The minimum atomic E-state index is 0.556. The second-order valence-electron chi connectivity index (χ2n) is 7.90. The van der Waals surface area contributed by atoms with Crippen LogP contribution in [-0.2, 0) is 19.5 Å². The average molecular weight is 413 g/mol. The van der Waals surface area contributed by atoms with Gasteiger partial charge in [0.25, 0.3) is 5.89 Å². The molecule has 3 heterocycles. The highest BCUT2D eigenvalue weighted by atomic mass is 35.5. The highest BCUT2D eigenvalue weighted by Crippen LogP contribution is 2.25. The molecule has 150 valence electrons. The molecule has 0 unspecified atom stereocenters. The number of halogens is 1. The van der Waals surface area contributed by atoms with E-state index < -0.39 is 0 Å². The van der Waals surface area contributed by atoms with Crippen molar-refractivity contribution in [3.8, 4) is 17.2 Å². The highest BCUT2D eigenvalue weighted by Gasteiger charge is 2.25. The van der Waals surface area contributed by atoms with Gasteiger partial charge in [0, 0.05) is 22.6 Å². The van der Waals surface area contributed by atoms with Crippen molar-refractivity contribution in [3.63, 3.8) is 0 Å². The smallest absolute Gasteiger partial charge is 0.271 e. The Balaban J connectivity index is 1.14. The monoisotopic (exact) mass is 412 g/mol. The van der Waals surface area contributed by atoms with E-state index in [-0.39, 0.29) is 0 Å². The maximum atomic E-state index is 5.94. The molecular formula is C22H25ClN4O2+2. The first-order valence-electron chi connectivity index (χ1n) is 10.2. The normalized spacial score (nSPS) is 21.0. The quantitative estimate of drug-likeness (QED) is 0.651. The summed E-state index contributed by atoms with van der Waals surface area (Å²) in [4.78, 5) is 3.14. The third-order valence-corrected chi connectivity index (χ3v) is 6.08. The molecule has 0 bridgehead atoms. The molecular weight excluding hydrogens is 388 g/mol. The van der Waals surface area contributed by atoms with Crippen molar-refractivity contribution in [2.24, 2.45) is 0 Å². The molecule has 0 saturated carbocycles. The lowest BCUT2D eigenvalue weighted by Crippen LogP contribution is -3.27. The fraction of sp³-hybridized carbons (Fsp3) is 0.364. The van der Waals surface area contributed by atoms with Gasteiger partial charge >= 0.3 is 0 Å². The minimum absolute atomic E-state index is 0.556. The van der Waals surface area contributed by atoms with Gasteiger partial charge in [0.05, 0.1) is 6.61 Å². The Morgan fingerprint density at radius 1 is 0.897 bits per heavy atom. The van der Waals surface area contributed by atoms with Crippen molar-refractivity contribution in [1.82, 2.24) is 10.2 Å². The molecule has 0 radical (unpaired) electrons. The van der Waals surface area contributed by atoms with Gasteiger partial charge in [-0.15, -0.1) is 10.2 Å². The number of rotatable bonds is 5. The first kappa shape index (κ1) is 18.6. The largest absolute Gasteiger partial charge is 0.493 e. The first-order chi connectivity index (χ1) is 14.2. The molecule has 2 aliphatic rings. The van der Waals surface area contributed by atoms with E-state index in [0.717, 1.165) is 63.6 Å². The summed E-state index contributed by atoms with van der Waals surface area (Å²) in [6, 6.07) is 14.1. The van der Waals surface area contributed by atoms with E-state index in [9.17, 15) is 0 Å². The van der Waals surface area contributed by atoms with Gasteiger partial charge in [-0.3, -0.25) is 0 Å². The molecule has 3 aromatic rings. The maximum absolute atomic E-state index is 5.94. The number of hydrogen-bond acceptors (Lipinski definition) is 4. The first-order valence-corrected chi connectivity index (χ1v) is 10.6. The van der Waals surface area contributed by atoms with E-state index >= 15 is 0 Å². The Morgan fingerprint density at radius 2 is 1.66 bits per heavy atom. The number of fused-ring (bicyclic) bond motifs is 1. The molecule has 5 rings (SSSR count). The number of benzene rings is 2. The van der Waals surface area contributed by atoms with Crippen molar-refractivity contribution in [3.05, 3.63) is 64.5 Å². The number of piperazine rings is 1. The van der Waals surface area contributed by atoms with Crippen molar-refractivity contribution in [2.75, 3.05) is 32.8 Å². The van der Waals surface area contributed by atoms with Crippen LogP contribution in [0.3, 0.4) is 0 Å². The number of aromatic nitrogens is 2. The van der Waals surface area contributed by atoms with Crippen LogP contribution in [0.4, 0.5) is 0 Å². The van der Waals surface area contributed by atoms with Crippen LogP contribution in [-0.4, -0.2) is 43.0 Å². The highest BCUT2D eigenvalue weighted by molar-refractivity contribution is 6.30. The van der Waals surface area contributed by atoms with Crippen LogP contribution in [0.25, 0.3) is 11.5 Å². The number of hydrogen-bond donors (Lipinski definition) is 2. The summed E-state index contributed by atoms with van der Waals surface area (Å²) in [6.07, 6.45) is 1.04. The number of nitrogens with zero attached hydrogens (tertiary/aromatic N) is 2. The number of ether oxygens (including phenoxy) is 1. The van der Waals surface area contributed by atoms with E-state index in [1.807, 2.05) is 24.3 Å². The lowest BCUT2D eigenvalue weighted by molar-refractivity contribution is -1.02. The lowest BCUT2D eigenvalue weighted by Gasteiger charge is -2.29. The molecule has 6 nitrogen and oxygen atoms in total. The van der Waals surface area contributed by atoms with Crippen LogP contribution in [0.1, 0.15) is 17.0 Å². The maximum Gasteiger partial charge on any atom is 0.271 e. The molecule has 7 heteroatoms. The lowest BCUT2D eigenvalue weighted by atomic mass is 10.1. The van der Waals surface area contributed by atoms with E-state index in [0.29, 0.717) is 16.8 Å². The number of nitrogens with one attached hydrogen (secondary N) is 2. The third kappa shape index (κ3) is 4.29. The van der Waals surface area contributed by atoms with Crippen LogP contribution in [0, 0.1) is 0 Å². The Kier molecular flexibility index (Phi) is 5.23. The summed E-state index contributed by atoms with van der Waals surface area (Å²) in [5.74, 6) is 2.32. The minimum Gasteiger partial charge on any atom is -0.493 e. The van der Waals surface area contributed by atoms with Crippen LogP contribution in [0.2, 0.25) is 5.02 Å². The van der Waals surface area contributed by atoms with Crippen LogP contribution < -0.4 is 14.5 Å². The van der Waals surface area contributed by atoms with E-state index in [4.69, 9.17) is 20.8 Å². The van der Waals surface area contributed by atoms with Gasteiger partial charge in [0.2, 0.25) is 5.89 Å². The SMILES string of the molecule is Clc1ccc(-c2nnc(C[NH+]3CC[NH+](Cc4ccc5c(c4)CCO5)CC3)o2)cc1. The Hall–Kier alpha value is -2.41. The van der Waals surface area contributed by atoms with E-state index in [1.54, 1.807) is 4.90 Å². The zero-order valence-corrected chi connectivity index (χ0v) is 17.0. The fourth-order valence-electron chi connectivity index (χ4n) is 4.20. The standard InChI is InChI=1S/C22H23ClN4O2/c23-19-4-2-17(3-5-19)22-25-24-21(29-22)15-27-10-8-26(9-11-27)14-16-1-6-20-18(13-16)7-12-28-20/h1-6,13H,7-12,14-15H2/p+2. The fourth-order valence-corrected chi connectivity index (χ4v) is 4.32. The van der Waals surface area contributed by atoms with Gasteiger partial charge in [-0.1, -0.05) is 11.6 Å². The molecule has 1 aromatic heterocycles. The molecule has 1 fully saturated rings. The molecule has 29 heavy (non-hydrogen) atoms. The molecule has 0 aliphatic carbocycles. The third-order valence-electron chi connectivity index (χ3n) is 5.83. The summed E-state index contributed by atoms with van der Waals surface area (Å²) in [6.45, 7) is 7.22. The molecule has 0 atom stereocenters. The van der Waals surface area contributed by atoms with Crippen molar-refractivity contribution in [2.45, 2.75) is 19.5 Å². The Morgan fingerprint density at radius 3 is 2.45 bits per heavy atom. The predicted octanol–water partition coefficient (Wildman–Crippen LogP) is 0.809. The van der Waals surface area contributed by atoms with Gasteiger partial charge in [-0.05, 0) is 48.0 Å². The molecule has 1 saturated heterocycles. The van der Waals surface area contributed by atoms with Crippen LogP contribution in [0.5, 0.6) is 5.75 Å². The van der Waals surface area contributed by atoms with Gasteiger partial charge < -0.3 is 19.0 Å². The van der Waals surface area contributed by atoms with Crippen LogP contribution >= 0.6 is 11.6 Å². The Labute approximate surface area is 175 Å². The summed E-state index contributed by atoms with van der Waals surface area (Å²) in [5, 5.41) is 9.13.